The molecule has 2 amide bonds. The van der Waals surface area contributed by atoms with E-state index in [1.54, 1.807) is 30.3 Å². The third-order valence-electron chi connectivity index (χ3n) is 4.43. The average Bonchev–Trinajstić information content (AvgIpc) is 2.84. The van der Waals surface area contributed by atoms with E-state index in [0.717, 1.165) is 0 Å². The van der Waals surface area contributed by atoms with Gasteiger partial charge in [0.2, 0.25) is 0 Å². The summed E-state index contributed by atoms with van der Waals surface area (Å²) in [6, 6.07) is 19.1. The molecule has 34 heavy (non-hydrogen) atoms. The Kier molecular flexibility index (Phi) is 7.53. The van der Waals surface area contributed by atoms with E-state index in [-0.39, 0.29) is 17.1 Å². The molecular weight excluding hydrogens is 442 g/mol. The SMILES string of the molecule is O=C(NN=Cc1ccc([N+](=O)[O-])cc1)C(=Cc1ccc([N+](=O)[O-])cc1)NC(=O)c1ccccc1. The van der Waals surface area contributed by atoms with Crippen LogP contribution in [-0.2, 0) is 4.79 Å². The highest BCUT2D eigenvalue weighted by molar-refractivity contribution is 6.05. The molecule has 170 valence electrons. The lowest BCUT2D eigenvalue weighted by molar-refractivity contribution is -0.385. The van der Waals surface area contributed by atoms with Crippen LogP contribution in [0.1, 0.15) is 21.5 Å². The van der Waals surface area contributed by atoms with Crippen LogP contribution in [-0.4, -0.2) is 27.9 Å². The fourth-order valence-corrected chi connectivity index (χ4v) is 2.71. The van der Waals surface area contributed by atoms with Gasteiger partial charge >= 0.3 is 0 Å². The minimum absolute atomic E-state index is 0.0851. The van der Waals surface area contributed by atoms with E-state index < -0.39 is 21.7 Å². The minimum Gasteiger partial charge on any atom is -0.317 e. The average molecular weight is 459 g/mol. The second-order valence-electron chi connectivity index (χ2n) is 6.77. The molecule has 3 aromatic rings. The molecule has 0 aliphatic heterocycles. The quantitative estimate of drug-likeness (QED) is 0.227. The number of non-ortho nitro benzene ring substituents is 2. The predicted molar refractivity (Wildman–Crippen MR) is 124 cm³/mol. The van der Waals surface area contributed by atoms with Crippen molar-refractivity contribution in [3.63, 3.8) is 0 Å². The monoisotopic (exact) mass is 459 g/mol. The molecule has 0 radical (unpaired) electrons. The van der Waals surface area contributed by atoms with E-state index in [2.05, 4.69) is 15.8 Å². The molecule has 3 aromatic carbocycles. The van der Waals surface area contributed by atoms with Crippen molar-refractivity contribution in [2.75, 3.05) is 0 Å². The fourth-order valence-electron chi connectivity index (χ4n) is 2.71. The van der Waals surface area contributed by atoms with Gasteiger partial charge in [0.25, 0.3) is 23.2 Å². The van der Waals surface area contributed by atoms with Crippen LogP contribution >= 0.6 is 0 Å². The predicted octanol–water partition coefficient (Wildman–Crippen LogP) is 3.42. The number of nitro benzene ring substituents is 2. The van der Waals surface area contributed by atoms with Crippen molar-refractivity contribution in [2.45, 2.75) is 0 Å². The van der Waals surface area contributed by atoms with Crippen LogP contribution in [0.4, 0.5) is 11.4 Å². The summed E-state index contributed by atoms with van der Waals surface area (Å²) in [6.45, 7) is 0. The van der Waals surface area contributed by atoms with Crippen molar-refractivity contribution in [3.8, 4) is 0 Å². The lowest BCUT2D eigenvalue weighted by Crippen LogP contribution is -2.32. The molecule has 11 nitrogen and oxygen atoms in total. The summed E-state index contributed by atoms with van der Waals surface area (Å²) in [5.41, 5.74) is 3.18. The molecule has 0 unspecified atom stereocenters. The number of nitro groups is 2. The number of benzene rings is 3. The summed E-state index contributed by atoms with van der Waals surface area (Å²) in [7, 11) is 0. The lowest BCUT2D eigenvalue weighted by atomic mass is 10.1. The molecule has 0 spiro atoms. The number of hydrazone groups is 1. The Labute approximate surface area is 192 Å². The molecule has 0 fully saturated rings. The normalized spacial score (nSPS) is 11.1. The van der Waals surface area contributed by atoms with Crippen LogP contribution in [0.5, 0.6) is 0 Å². The van der Waals surface area contributed by atoms with Crippen LogP contribution in [0, 0.1) is 20.2 Å². The Hall–Kier alpha value is -5.19. The van der Waals surface area contributed by atoms with Crippen LogP contribution < -0.4 is 10.7 Å². The van der Waals surface area contributed by atoms with Gasteiger partial charge in [-0.25, -0.2) is 5.43 Å². The van der Waals surface area contributed by atoms with Gasteiger partial charge in [0.15, 0.2) is 0 Å². The third kappa shape index (κ3) is 6.40. The summed E-state index contributed by atoms with van der Waals surface area (Å²) in [6.07, 6.45) is 2.63. The third-order valence-corrected chi connectivity index (χ3v) is 4.43. The van der Waals surface area contributed by atoms with Crippen molar-refractivity contribution in [1.82, 2.24) is 10.7 Å². The van der Waals surface area contributed by atoms with Gasteiger partial charge in [0.1, 0.15) is 5.70 Å². The summed E-state index contributed by atoms with van der Waals surface area (Å²) in [5.74, 6) is -1.29. The molecule has 0 aliphatic rings. The molecule has 0 heterocycles. The lowest BCUT2D eigenvalue weighted by Gasteiger charge is -2.09. The van der Waals surface area contributed by atoms with Crippen LogP contribution in [0.3, 0.4) is 0 Å². The molecule has 0 aromatic heterocycles. The number of rotatable bonds is 8. The molecule has 3 rings (SSSR count). The Morgan fingerprint density at radius 3 is 1.82 bits per heavy atom. The van der Waals surface area contributed by atoms with Crippen molar-refractivity contribution < 1.29 is 19.4 Å². The summed E-state index contributed by atoms with van der Waals surface area (Å²) >= 11 is 0. The van der Waals surface area contributed by atoms with Crippen LogP contribution in [0.25, 0.3) is 6.08 Å². The van der Waals surface area contributed by atoms with E-state index >= 15 is 0 Å². The second-order valence-corrected chi connectivity index (χ2v) is 6.77. The molecule has 0 aliphatic carbocycles. The number of carbonyl (C=O) groups excluding carboxylic acids is 2. The molecule has 0 saturated carbocycles. The maximum atomic E-state index is 12.7. The largest absolute Gasteiger partial charge is 0.317 e. The summed E-state index contributed by atoms with van der Waals surface area (Å²) < 4.78 is 0. The van der Waals surface area contributed by atoms with Gasteiger partial charge in [-0.05, 0) is 53.6 Å². The molecule has 2 N–H and O–H groups in total. The van der Waals surface area contributed by atoms with Gasteiger partial charge in [-0.1, -0.05) is 18.2 Å². The zero-order chi connectivity index (χ0) is 24.5. The topological polar surface area (TPSA) is 157 Å². The van der Waals surface area contributed by atoms with Gasteiger partial charge in [0, 0.05) is 29.8 Å². The summed E-state index contributed by atoms with van der Waals surface area (Å²) in [4.78, 5) is 45.8. The fraction of sp³-hybridized carbons (Fsp3) is 0. The zero-order valence-electron chi connectivity index (χ0n) is 17.5. The molecule has 11 heteroatoms. The highest BCUT2D eigenvalue weighted by Gasteiger charge is 2.15. The van der Waals surface area contributed by atoms with Crippen molar-refractivity contribution in [1.29, 1.82) is 0 Å². The molecule has 0 saturated heterocycles. The smallest absolute Gasteiger partial charge is 0.287 e. The number of nitrogens with one attached hydrogen (secondary N) is 2. The Balaban J connectivity index is 1.79. The molecular formula is C23H17N5O6. The van der Waals surface area contributed by atoms with E-state index in [1.165, 1.54) is 60.8 Å². The maximum absolute atomic E-state index is 12.7. The second kappa shape index (κ2) is 10.9. The maximum Gasteiger partial charge on any atom is 0.287 e. The van der Waals surface area contributed by atoms with Crippen LogP contribution in [0.2, 0.25) is 0 Å². The van der Waals surface area contributed by atoms with Gasteiger partial charge < -0.3 is 5.32 Å². The van der Waals surface area contributed by atoms with Gasteiger partial charge in [-0.15, -0.1) is 0 Å². The van der Waals surface area contributed by atoms with Crippen molar-refractivity contribution >= 4 is 35.5 Å². The van der Waals surface area contributed by atoms with E-state index in [9.17, 15) is 29.8 Å². The number of hydrogen-bond donors (Lipinski definition) is 2. The van der Waals surface area contributed by atoms with E-state index in [0.29, 0.717) is 16.7 Å². The first kappa shape index (κ1) is 23.5. The highest BCUT2D eigenvalue weighted by Crippen LogP contribution is 2.14. The number of carbonyl (C=O) groups is 2. The highest BCUT2D eigenvalue weighted by atomic mass is 16.6. The summed E-state index contributed by atoms with van der Waals surface area (Å²) in [5, 5.41) is 27.9. The van der Waals surface area contributed by atoms with Crippen molar-refractivity contribution in [3.05, 3.63) is 121 Å². The van der Waals surface area contributed by atoms with Gasteiger partial charge in [0.05, 0.1) is 16.1 Å². The van der Waals surface area contributed by atoms with Gasteiger partial charge in [-0.3, -0.25) is 29.8 Å². The number of nitrogens with zero attached hydrogens (tertiary/aromatic N) is 3. The van der Waals surface area contributed by atoms with E-state index in [1.807, 2.05) is 0 Å². The number of amides is 2. The molecule has 0 bridgehead atoms. The molecule has 0 atom stereocenters. The standard InChI is InChI=1S/C23H17N5O6/c29-22(18-4-2-1-3-5-18)25-21(14-16-6-10-19(11-7-16)27(31)32)23(30)26-24-15-17-8-12-20(13-9-17)28(33)34/h1-15H,(H,25,29)(H,26,30). The van der Waals surface area contributed by atoms with Crippen LogP contribution in [0.15, 0.2) is 89.7 Å². The van der Waals surface area contributed by atoms with E-state index in [4.69, 9.17) is 0 Å². The first-order chi connectivity index (χ1) is 16.3. The zero-order valence-corrected chi connectivity index (χ0v) is 17.5. The van der Waals surface area contributed by atoms with Gasteiger partial charge in [-0.2, -0.15) is 5.10 Å². The van der Waals surface area contributed by atoms with Crippen molar-refractivity contribution in [2.24, 2.45) is 5.10 Å². The first-order valence-corrected chi connectivity index (χ1v) is 9.74. The first-order valence-electron chi connectivity index (χ1n) is 9.74. The Morgan fingerprint density at radius 2 is 1.29 bits per heavy atom. The Morgan fingerprint density at radius 1 is 0.765 bits per heavy atom. The minimum atomic E-state index is -0.749. The Bertz CT molecular complexity index is 1270. The number of hydrogen-bond acceptors (Lipinski definition) is 7.